The van der Waals surface area contributed by atoms with Crippen LogP contribution in [0.4, 0.5) is 0 Å². The molecule has 126 valence electrons. The first-order valence-corrected chi connectivity index (χ1v) is 9.50. The molecule has 0 spiro atoms. The smallest absolute Gasteiger partial charge is 0.0625 e. The molecule has 24 heavy (non-hydrogen) atoms. The zero-order valence-corrected chi connectivity index (χ0v) is 14.8. The fourth-order valence-corrected chi connectivity index (χ4v) is 5.18. The third-order valence-corrected chi connectivity index (χ3v) is 6.12. The van der Waals surface area contributed by atoms with Crippen molar-refractivity contribution in [2.24, 2.45) is 5.92 Å². The summed E-state index contributed by atoms with van der Waals surface area (Å²) in [4.78, 5) is 6.35. The number of likely N-dealkylation sites (tertiary alicyclic amines) is 1. The molecule has 3 atom stereocenters. The lowest BCUT2D eigenvalue weighted by atomic mass is 9.71. The van der Waals surface area contributed by atoms with Crippen molar-refractivity contribution < 1.29 is 0 Å². The summed E-state index contributed by atoms with van der Waals surface area (Å²) < 4.78 is 0. The molecule has 1 aliphatic heterocycles. The van der Waals surface area contributed by atoms with Gasteiger partial charge in [-0.3, -0.25) is 4.90 Å². The van der Waals surface area contributed by atoms with Crippen molar-refractivity contribution in [3.63, 3.8) is 0 Å². The summed E-state index contributed by atoms with van der Waals surface area (Å²) >= 11 is 0. The number of aryl methyl sites for hydroxylation is 1. The number of fused-ring (bicyclic) bond motifs is 2. The van der Waals surface area contributed by atoms with E-state index in [1.54, 1.807) is 5.56 Å². The van der Waals surface area contributed by atoms with Crippen molar-refractivity contribution in [1.29, 1.82) is 5.26 Å². The van der Waals surface area contributed by atoms with Gasteiger partial charge >= 0.3 is 0 Å². The molecule has 1 saturated heterocycles. The quantitative estimate of drug-likeness (QED) is 0.908. The molecular formula is C21H27N3. The van der Waals surface area contributed by atoms with Crippen molar-refractivity contribution in [3.8, 4) is 6.07 Å². The molecule has 3 heteroatoms. The van der Waals surface area contributed by atoms with E-state index in [2.05, 4.69) is 48.0 Å². The first-order chi connectivity index (χ1) is 11.8. The number of H-pyrrole nitrogens is 1. The molecule has 4 rings (SSSR count). The Morgan fingerprint density at radius 3 is 2.96 bits per heavy atom. The van der Waals surface area contributed by atoms with Crippen LogP contribution >= 0.6 is 0 Å². The van der Waals surface area contributed by atoms with Crippen molar-refractivity contribution in [2.75, 3.05) is 13.1 Å². The molecular weight excluding hydrogens is 294 g/mol. The van der Waals surface area contributed by atoms with Crippen molar-refractivity contribution in [1.82, 2.24) is 9.88 Å². The van der Waals surface area contributed by atoms with E-state index in [9.17, 15) is 5.26 Å². The second-order valence-corrected chi connectivity index (χ2v) is 7.54. The molecule has 0 bridgehead atoms. The number of benzene rings is 1. The number of nitrogens with one attached hydrogen (secondary N) is 1. The molecule has 0 amide bonds. The van der Waals surface area contributed by atoms with Gasteiger partial charge in [0.25, 0.3) is 0 Å². The number of aromatic amines is 1. The summed E-state index contributed by atoms with van der Waals surface area (Å²) in [6, 6.07) is 9.80. The zero-order chi connectivity index (χ0) is 16.7. The van der Waals surface area contributed by atoms with E-state index in [0.29, 0.717) is 24.3 Å². The summed E-state index contributed by atoms with van der Waals surface area (Å²) in [6.45, 7) is 6.77. The van der Waals surface area contributed by atoms with Crippen LogP contribution < -0.4 is 0 Å². The van der Waals surface area contributed by atoms with Crippen LogP contribution in [0.3, 0.4) is 0 Å². The number of hydrogen-bond acceptors (Lipinski definition) is 2. The third-order valence-electron chi connectivity index (χ3n) is 6.12. The average molecular weight is 321 g/mol. The number of nitrogens with zero attached hydrogens (tertiary/aromatic N) is 2. The van der Waals surface area contributed by atoms with Crippen LogP contribution in [-0.4, -0.2) is 29.0 Å². The van der Waals surface area contributed by atoms with Crippen molar-refractivity contribution in [3.05, 3.63) is 35.0 Å². The van der Waals surface area contributed by atoms with Crippen LogP contribution in [0.15, 0.2) is 18.2 Å². The second kappa shape index (κ2) is 6.26. The fourth-order valence-electron chi connectivity index (χ4n) is 5.18. The van der Waals surface area contributed by atoms with Gasteiger partial charge in [-0.25, -0.2) is 0 Å². The van der Waals surface area contributed by atoms with Gasteiger partial charge in [0.1, 0.15) is 0 Å². The molecule has 0 radical (unpaired) electrons. The lowest BCUT2D eigenvalue weighted by Crippen LogP contribution is -2.50. The van der Waals surface area contributed by atoms with E-state index in [0.717, 1.165) is 19.5 Å². The van der Waals surface area contributed by atoms with Crippen molar-refractivity contribution in [2.45, 2.75) is 57.9 Å². The van der Waals surface area contributed by atoms with E-state index in [1.165, 1.54) is 41.4 Å². The SMILES string of the molecule is CCCN1C[C@H](CC#N)C[C@@H]2c3cccc4[nH]c(CC)c(c34)C[C@H]21. The highest BCUT2D eigenvalue weighted by Gasteiger charge is 2.40. The molecule has 1 aliphatic carbocycles. The van der Waals surface area contributed by atoms with Crippen LogP contribution in [0.2, 0.25) is 0 Å². The molecule has 2 heterocycles. The number of rotatable bonds is 4. The van der Waals surface area contributed by atoms with Crippen LogP contribution in [0.5, 0.6) is 0 Å². The molecule has 1 fully saturated rings. The predicted molar refractivity (Wildman–Crippen MR) is 98.1 cm³/mol. The highest BCUT2D eigenvalue weighted by molar-refractivity contribution is 5.89. The maximum Gasteiger partial charge on any atom is 0.0625 e. The zero-order valence-electron chi connectivity index (χ0n) is 14.8. The Bertz CT molecular complexity index is 782. The molecule has 0 saturated carbocycles. The summed E-state index contributed by atoms with van der Waals surface area (Å²) in [5, 5.41) is 10.7. The normalized spacial score (nSPS) is 26.3. The van der Waals surface area contributed by atoms with Gasteiger partial charge in [0.2, 0.25) is 0 Å². The molecule has 1 aromatic heterocycles. The fraction of sp³-hybridized carbons (Fsp3) is 0.571. The van der Waals surface area contributed by atoms with Gasteiger partial charge in [-0.15, -0.1) is 0 Å². The van der Waals surface area contributed by atoms with Gasteiger partial charge < -0.3 is 4.98 Å². The standard InChI is InChI=1S/C21H27N3/c1-3-10-24-13-14(8-9-22)11-16-15-6-5-7-19-21(15)17(12-20(16)24)18(4-2)23-19/h5-7,14,16,20,23H,3-4,8,10-13H2,1-2H3/t14-,16-,20-/m1/s1. The van der Waals surface area contributed by atoms with E-state index in [-0.39, 0.29) is 0 Å². The maximum absolute atomic E-state index is 9.20. The molecule has 3 nitrogen and oxygen atoms in total. The summed E-state index contributed by atoms with van der Waals surface area (Å²) in [5.74, 6) is 1.10. The summed E-state index contributed by atoms with van der Waals surface area (Å²) in [5.41, 5.74) is 5.82. The van der Waals surface area contributed by atoms with Gasteiger partial charge in [0.15, 0.2) is 0 Å². The monoisotopic (exact) mass is 321 g/mol. The highest BCUT2D eigenvalue weighted by atomic mass is 15.2. The Hall–Kier alpha value is -1.79. The summed E-state index contributed by atoms with van der Waals surface area (Å²) in [7, 11) is 0. The first-order valence-electron chi connectivity index (χ1n) is 9.50. The van der Waals surface area contributed by atoms with Crippen LogP contribution in [-0.2, 0) is 12.8 Å². The van der Waals surface area contributed by atoms with Gasteiger partial charge in [0, 0.05) is 41.5 Å². The summed E-state index contributed by atoms with van der Waals surface area (Å²) in [6.07, 6.45) is 5.30. The van der Waals surface area contributed by atoms with Crippen LogP contribution in [0.25, 0.3) is 10.9 Å². The molecule has 2 aliphatic rings. The van der Waals surface area contributed by atoms with Crippen LogP contribution in [0, 0.1) is 17.2 Å². The van der Waals surface area contributed by atoms with Gasteiger partial charge in [0.05, 0.1) is 6.07 Å². The number of nitriles is 1. The number of aromatic nitrogens is 1. The first kappa shape index (κ1) is 15.7. The Kier molecular flexibility index (Phi) is 4.10. The Balaban J connectivity index is 1.81. The van der Waals surface area contributed by atoms with Crippen LogP contribution in [0.1, 0.15) is 55.8 Å². The minimum absolute atomic E-state index is 0.518. The molecule has 2 aromatic rings. The topological polar surface area (TPSA) is 42.8 Å². The molecule has 1 aromatic carbocycles. The van der Waals surface area contributed by atoms with Gasteiger partial charge in [-0.1, -0.05) is 26.0 Å². The Labute approximate surface area is 144 Å². The van der Waals surface area contributed by atoms with Gasteiger partial charge in [-0.2, -0.15) is 5.26 Å². The number of hydrogen-bond donors (Lipinski definition) is 1. The maximum atomic E-state index is 9.20. The Morgan fingerprint density at radius 1 is 1.33 bits per heavy atom. The van der Waals surface area contributed by atoms with E-state index >= 15 is 0 Å². The lowest BCUT2D eigenvalue weighted by molar-refractivity contribution is 0.0860. The highest BCUT2D eigenvalue weighted by Crippen LogP contribution is 2.46. The van der Waals surface area contributed by atoms with Crippen molar-refractivity contribution >= 4 is 10.9 Å². The van der Waals surface area contributed by atoms with Gasteiger partial charge in [-0.05, 0) is 55.3 Å². The lowest BCUT2D eigenvalue weighted by Gasteiger charge is -2.47. The largest absolute Gasteiger partial charge is 0.358 e. The van der Waals surface area contributed by atoms with E-state index in [1.807, 2.05) is 0 Å². The number of piperidine rings is 1. The molecule has 0 unspecified atom stereocenters. The minimum Gasteiger partial charge on any atom is -0.358 e. The second-order valence-electron chi connectivity index (χ2n) is 7.54. The van der Waals surface area contributed by atoms with E-state index < -0.39 is 0 Å². The van der Waals surface area contributed by atoms with E-state index in [4.69, 9.17) is 0 Å². The Morgan fingerprint density at radius 2 is 2.21 bits per heavy atom. The average Bonchev–Trinajstić information content (AvgIpc) is 2.96. The molecule has 1 N–H and O–H groups in total. The third kappa shape index (κ3) is 2.36. The predicted octanol–water partition coefficient (Wildman–Crippen LogP) is 4.38. The minimum atomic E-state index is 0.518.